The van der Waals surface area contributed by atoms with Crippen molar-refractivity contribution in [2.24, 2.45) is 0 Å². The van der Waals surface area contributed by atoms with Gasteiger partial charge in [-0.05, 0) is 31.2 Å². The van der Waals surface area contributed by atoms with Gasteiger partial charge in [0, 0.05) is 5.69 Å². The van der Waals surface area contributed by atoms with Gasteiger partial charge in [-0.15, -0.1) is 0 Å². The monoisotopic (exact) mass is 274 g/mol. The molecular formula is C13H11ClN4O. The third-order valence-electron chi connectivity index (χ3n) is 2.82. The molecule has 0 bridgehead atoms. The summed E-state index contributed by atoms with van der Waals surface area (Å²) in [5, 5.41) is 0.370. The highest BCUT2D eigenvalue weighted by molar-refractivity contribution is 6.33. The Morgan fingerprint density at radius 3 is 2.58 bits per heavy atom. The first kappa shape index (κ1) is 11.9. The zero-order valence-electron chi connectivity index (χ0n) is 10.5. The van der Waals surface area contributed by atoms with Gasteiger partial charge >= 0.3 is 0 Å². The third kappa shape index (κ3) is 2.02. The van der Waals surface area contributed by atoms with Crippen molar-refractivity contribution in [3.8, 4) is 11.4 Å². The number of halogens is 1. The van der Waals surface area contributed by atoms with Gasteiger partial charge in [0.15, 0.2) is 10.8 Å². The average Bonchev–Trinajstić information content (AvgIpc) is 2.83. The lowest BCUT2D eigenvalue weighted by Crippen LogP contribution is -1.97. The van der Waals surface area contributed by atoms with Gasteiger partial charge in [0.2, 0.25) is 0 Å². The van der Waals surface area contributed by atoms with E-state index in [0.29, 0.717) is 22.1 Å². The molecule has 0 unspecified atom stereocenters. The van der Waals surface area contributed by atoms with Crippen LogP contribution in [0, 0.1) is 6.92 Å². The lowest BCUT2D eigenvalue weighted by Gasteiger charge is -2.05. The summed E-state index contributed by atoms with van der Waals surface area (Å²) in [5.74, 6) is 1.42. The normalized spacial score (nSPS) is 10.9. The maximum absolute atomic E-state index is 6.06. The Morgan fingerprint density at radius 2 is 1.89 bits per heavy atom. The van der Waals surface area contributed by atoms with E-state index < -0.39 is 0 Å². The van der Waals surface area contributed by atoms with E-state index in [1.165, 1.54) is 0 Å². The number of hydrogen-bond acceptors (Lipinski definition) is 4. The van der Waals surface area contributed by atoms with Gasteiger partial charge in [-0.2, -0.15) is 0 Å². The maximum Gasteiger partial charge on any atom is 0.169 e. The van der Waals surface area contributed by atoms with E-state index in [1.54, 1.807) is 20.4 Å². The minimum Gasteiger partial charge on any atom is -0.497 e. The maximum atomic E-state index is 6.06. The molecule has 2 heterocycles. The van der Waals surface area contributed by atoms with E-state index in [9.17, 15) is 0 Å². The zero-order chi connectivity index (χ0) is 13.4. The Balaban J connectivity index is 2.19. The fraction of sp³-hybridized carbons (Fsp3) is 0.154. The molecular weight excluding hydrogens is 264 g/mol. The summed E-state index contributed by atoms with van der Waals surface area (Å²) < 4.78 is 7.01. The van der Waals surface area contributed by atoms with Gasteiger partial charge in [0.1, 0.15) is 23.4 Å². The number of methoxy groups -OCH3 is 1. The van der Waals surface area contributed by atoms with Crippen LogP contribution in [0.15, 0.2) is 30.6 Å². The number of aromatic nitrogens is 4. The van der Waals surface area contributed by atoms with E-state index in [0.717, 1.165) is 11.4 Å². The third-order valence-corrected chi connectivity index (χ3v) is 3.08. The van der Waals surface area contributed by atoms with Gasteiger partial charge in [-0.3, -0.25) is 4.57 Å². The number of benzene rings is 1. The second kappa shape index (κ2) is 4.51. The summed E-state index contributed by atoms with van der Waals surface area (Å²) in [6.45, 7) is 1.80. The predicted octanol–water partition coefficient (Wildman–Crippen LogP) is 2.79. The van der Waals surface area contributed by atoms with Crippen molar-refractivity contribution in [2.75, 3.05) is 7.11 Å². The largest absolute Gasteiger partial charge is 0.497 e. The van der Waals surface area contributed by atoms with Crippen LogP contribution in [0.1, 0.15) is 5.82 Å². The first-order valence-corrected chi connectivity index (χ1v) is 6.08. The van der Waals surface area contributed by atoms with Crippen LogP contribution < -0.4 is 4.74 Å². The minimum absolute atomic E-state index is 0.370. The first-order valence-electron chi connectivity index (χ1n) is 5.70. The van der Waals surface area contributed by atoms with E-state index in [1.807, 2.05) is 28.8 Å². The molecule has 0 amide bonds. The molecule has 6 heteroatoms. The molecule has 96 valence electrons. The summed E-state index contributed by atoms with van der Waals surface area (Å²) in [7, 11) is 1.64. The standard InChI is InChI=1S/C13H11ClN4O/c1-8-16-12(14)11-13(17-8)18(7-15-11)9-3-5-10(19-2)6-4-9/h3-7H,1-2H3. The van der Waals surface area contributed by atoms with Gasteiger partial charge in [0.05, 0.1) is 7.11 Å². The second-order valence-electron chi connectivity index (χ2n) is 4.05. The molecule has 0 aliphatic heterocycles. The Hall–Kier alpha value is -2.14. The fourth-order valence-electron chi connectivity index (χ4n) is 1.90. The van der Waals surface area contributed by atoms with Gasteiger partial charge < -0.3 is 4.74 Å². The van der Waals surface area contributed by atoms with Crippen molar-refractivity contribution in [1.29, 1.82) is 0 Å². The number of hydrogen-bond donors (Lipinski definition) is 0. The highest BCUT2D eigenvalue weighted by Gasteiger charge is 2.11. The number of imidazole rings is 1. The molecule has 0 saturated carbocycles. The molecule has 0 aliphatic carbocycles. The molecule has 0 N–H and O–H groups in total. The molecule has 0 fully saturated rings. The highest BCUT2D eigenvalue weighted by Crippen LogP contribution is 2.22. The Bertz CT molecular complexity index is 736. The molecule has 5 nitrogen and oxygen atoms in total. The lowest BCUT2D eigenvalue weighted by atomic mass is 10.3. The summed E-state index contributed by atoms with van der Waals surface area (Å²) in [5.41, 5.74) is 2.24. The molecule has 2 aromatic heterocycles. The highest BCUT2D eigenvalue weighted by atomic mass is 35.5. The fourth-order valence-corrected chi connectivity index (χ4v) is 2.15. The Kier molecular flexibility index (Phi) is 2.83. The number of fused-ring (bicyclic) bond motifs is 1. The van der Waals surface area contributed by atoms with Crippen LogP contribution in [-0.4, -0.2) is 26.6 Å². The predicted molar refractivity (Wildman–Crippen MR) is 73.0 cm³/mol. The SMILES string of the molecule is COc1ccc(-n2cnc3c(Cl)nc(C)nc32)cc1. The van der Waals surface area contributed by atoms with Crippen molar-refractivity contribution in [2.45, 2.75) is 6.92 Å². The number of aryl methyl sites for hydroxylation is 1. The lowest BCUT2D eigenvalue weighted by molar-refractivity contribution is 0.415. The first-order chi connectivity index (χ1) is 9.19. The average molecular weight is 275 g/mol. The molecule has 0 aliphatic rings. The number of rotatable bonds is 2. The van der Waals surface area contributed by atoms with Crippen LogP contribution in [-0.2, 0) is 0 Å². The van der Waals surface area contributed by atoms with Crippen LogP contribution >= 0.6 is 11.6 Å². The summed E-state index contributed by atoms with van der Waals surface area (Å²) in [4.78, 5) is 12.7. The zero-order valence-corrected chi connectivity index (χ0v) is 11.2. The number of ether oxygens (including phenoxy) is 1. The van der Waals surface area contributed by atoms with E-state index in [4.69, 9.17) is 16.3 Å². The smallest absolute Gasteiger partial charge is 0.169 e. The van der Waals surface area contributed by atoms with Gasteiger partial charge in [-0.25, -0.2) is 15.0 Å². The molecule has 0 radical (unpaired) electrons. The summed E-state index contributed by atoms with van der Waals surface area (Å²) >= 11 is 6.06. The van der Waals surface area contributed by atoms with Crippen molar-refractivity contribution in [3.63, 3.8) is 0 Å². The summed E-state index contributed by atoms with van der Waals surface area (Å²) in [6, 6.07) is 7.64. The van der Waals surface area contributed by atoms with Crippen LogP contribution in [0.4, 0.5) is 0 Å². The Morgan fingerprint density at radius 1 is 1.16 bits per heavy atom. The molecule has 0 atom stereocenters. The van der Waals surface area contributed by atoms with E-state index in [2.05, 4.69) is 15.0 Å². The van der Waals surface area contributed by atoms with Crippen molar-refractivity contribution >= 4 is 22.8 Å². The minimum atomic E-state index is 0.370. The number of nitrogens with zero attached hydrogens (tertiary/aromatic N) is 4. The van der Waals surface area contributed by atoms with Crippen molar-refractivity contribution in [3.05, 3.63) is 41.6 Å². The summed E-state index contributed by atoms with van der Waals surface area (Å²) in [6.07, 6.45) is 1.69. The van der Waals surface area contributed by atoms with Crippen molar-refractivity contribution < 1.29 is 4.74 Å². The van der Waals surface area contributed by atoms with E-state index in [-0.39, 0.29) is 0 Å². The van der Waals surface area contributed by atoms with Gasteiger partial charge in [-0.1, -0.05) is 11.6 Å². The molecule has 0 spiro atoms. The van der Waals surface area contributed by atoms with Crippen LogP contribution in [0.3, 0.4) is 0 Å². The van der Waals surface area contributed by atoms with Crippen LogP contribution in [0.2, 0.25) is 5.15 Å². The topological polar surface area (TPSA) is 52.8 Å². The van der Waals surface area contributed by atoms with E-state index >= 15 is 0 Å². The molecule has 1 aromatic carbocycles. The van der Waals surface area contributed by atoms with Crippen molar-refractivity contribution in [1.82, 2.24) is 19.5 Å². The molecule has 0 saturated heterocycles. The molecule has 3 aromatic rings. The quantitative estimate of drug-likeness (QED) is 0.674. The van der Waals surface area contributed by atoms with Crippen LogP contribution in [0.25, 0.3) is 16.9 Å². The Labute approximate surface area is 114 Å². The van der Waals surface area contributed by atoms with Gasteiger partial charge in [0.25, 0.3) is 0 Å². The second-order valence-corrected chi connectivity index (χ2v) is 4.40. The molecule has 19 heavy (non-hydrogen) atoms. The van der Waals surface area contributed by atoms with Crippen LogP contribution in [0.5, 0.6) is 5.75 Å². The molecule has 3 rings (SSSR count).